The molecule has 1 aliphatic carbocycles. The van der Waals surface area contributed by atoms with Gasteiger partial charge in [-0.05, 0) is 30.7 Å². The van der Waals surface area contributed by atoms with E-state index in [2.05, 4.69) is 0 Å². The summed E-state index contributed by atoms with van der Waals surface area (Å²) >= 11 is 0. The molecule has 5 heteroatoms. The Bertz CT molecular complexity index is 415. The largest absolute Gasteiger partial charge is 0.481 e. The highest BCUT2D eigenvalue weighted by Crippen LogP contribution is 2.38. The summed E-state index contributed by atoms with van der Waals surface area (Å²) in [4.78, 5) is 11.1. The van der Waals surface area contributed by atoms with Crippen LogP contribution in [-0.4, -0.2) is 20.5 Å². The first-order valence-corrected chi connectivity index (χ1v) is 5.70. The molecule has 0 aliphatic heterocycles. The molecule has 0 aromatic heterocycles. The van der Waals surface area contributed by atoms with Crippen molar-refractivity contribution in [2.45, 2.75) is 16.6 Å². The lowest BCUT2D eigenvalue weighted by molar-refractivity contribution is -0.138. The summed E-state index contributed by atoms with van der Waals surface area (Å²) in [7, 11) is -1.33. The van der Waals surface area contributed by atoms with Gasteiger partial charge in [-0.1, -0.05) is 0 Å². The van der Waals surface area contributed by atoms with Crippen LogP contribution in [0.1, 0.15) is 6.42 Å². The van der Waals surface area contributed by atoms with Crippen molar-refractivity contribution in [2.75, 3.05) is 0 Å². The van der Waals surface area contributed by atoms with Crippen molar-refractivity contribution in [1.29, 1.82) is 0 Å². The normalized spacial score (nSPS) is 25.9. The molecule has 2 rings (SSSR count). The quantitative estimate of drug-likeness (QED) is 0.851. The molecule has 80 valence electrons. The molecule has 1 aromatic carbocycles. The second-order valence-electron chi connectivity index (χ2n) is 3.47. The number of benzene rings is 1. The van der Waals surface area contributed by atoms with Gasteiger partial charge in [0.2, 0.25) is 0 Å². The van der Waals surface area contributed by atoms with Crippen LogP contribution in [-0.2, 0) is 15.6 Å². The summed E-state index contributed by atoms with van der Waals surface area (Å²) in [6.07, 6.45) is 0.444. The maximum absolute atomic E-state index is 12.6. The first-order valence-electron chi connectivity index (χ1n) is 4.48. The molecule has 0 saturated heterocycles. The number of rotatable bonds is 3. The first kappa shape index (κ1) is 10.3. The molecule has 0 amide bonds. The summed E-state index contributed by atoms with van der Waals surface area (Å²) in [5, 5.41) is 8.36. The van der Waals surface area contributed by atoms with Gasteiger partial charge >= 0.3 is 5.97 Å². The van der Waals surface area contributed by atoms with Gasteiger partial charge in [0.1, 0.15) is 5.82 Å². The fourth-order valence-corrected chi connectivity index (χ4v) is 2.96. The molecule has 0 heterocycles. The highest BCUT2D eigenvalue weighted by atomic mass is 32.2. The van der Waals surface area contributed by atoms with E-state index in [9.17, 15) is 13.4 Å². The van der Waals surface area contributed by atoms with Gasteiger partial charge in [-0.15, -0.1) is 0 Å². The topological polar surface area (TPSA) is 54.4 Å². The van der Waals surface area contributed by atoms with Crippen LogP contribution in [0.3, 0.4) is 0 Å². The molecule has 0 spiro atoms. The van der Waals surface area contributed by atoms with Crippen molar-refractivity contribution in [3.63, 3.8) is 0 Å². The average Bonchev–Trinajstić information content (AvgIpc) is 2.97. The van der Waals surface area contributed by atoms with Crippen LogP contribution < -0.4 is 0 Å². The standard InChI is InChI=1S/C10H9FO3S/c11-6-1-3-7(4-2-6)15(14)9-5-8(9)10(12)13/h1-4,8-9H,5H2,(H,12,13)/t8-,9?,15?/m0/s1. The van der Waals surface area contributed by atoms with Crippen molar-refractivity contribution in [1.82, 2.24) is 0 Å². The lowest BCUT2D eigenvalue weighted by Crippen LogP contribution is -2.07. The van der Waals surface area contributed by atoms with Crippen molar-refractivity contribution in [3.8, 4) is 0 Å². The van der Waals surface area contributed by atoms with Gasteiger partial charge in [-0.25, -0.2) is 4.39 Å². The summed E-state index contributed by atoms with van der Waals surface area (Å²) in [5.74, 6) is -1.80. The highest BCUT2D eigenvalue weighted by Gasteiger charge is 2.47. The van der Waals surface area contributed by atoms with E-state index in [4.69, 9.17) is 5.11 Å². The van der Waals surface area contributed by atoms with Gasteiger partial charge in [-0.2, -0.15) is 0 Å². The predicted molar refractivity (Wildman–Crippen MR) is 52.3 cm³/mol. The van der Waals surface area contributed by atoms with Crippen LogP contribution in [0, 0.1) is 11.7 Å². The summed E-state index contributed by atoms with van der Waals surface area (Å²) in [6, 6.07) is 5.32. The number of hydrogen-bond donors (Lipinski definition) is 1. The van der Waals surface area contributed by atoms with E-state index in [0.717, 1.165) is 0 Å². The van der Waals surface area contributed by atoms with Crippen LogP contribution in [0.5, 0.6) is 0 Å². The maximum atomic E-state index is 12.6. The number of carboxylic acids is 1. The van der Waals surface area contributed by atoms with Crippen LogP contribution in [0.15, 0.2) is 29.2 Å². The molecule has 3 atom stereocenters. The van der Waals surface area contributed by atoms with Crippen molar-refractivity contribution >= 4 is 16.8 Å². The van der Waals surface area contributed by atoms with E-state index in [1.165, 1.54) is 24.3 Å². The summed E-state index contributed by atoms with van der Waals surface area (Å²) < 4.78 is 24.3. The minimum absolute atomic E-state index is 0.312. The third kappa shape index (κ3) is 2.07. The molecular formula is C10H9FO3S. The molecule has 1 fully saturated rings. The molecule has 1 aromatic rings. The minimum atomic E-state index is -1.33. The third-order valence-electron chi connectivity index (χ3n) is 2.37. The number of hydrogen-bond acceptors (Lipinski definition) is 2. The smallest absolute Gasteiger partial charge is 0.307 e. The van der Waals surface area contributed by atoms with Crippen molar-refractivity contribution < 1.29 is 18.5 Å². The Morgan fingerprint density at radius 2 is 2.00 bits per heavy atom. The van der Waals surface area contributed by atoms with Gasteiger partial charge in [0.25, 0.3) is 0 Å². The molecule has 0 bridgehead atoms. The SMILES string of the molecule is O=C(O)[C@H]1CC1S(=O)c1ccc(F)cc1. The Balaban J connectivity index is 2.10. The monoisotopic (exact) mass is 228 g/mol. The molecule has 1 aliphatic rings. The van der Waals surface area contributed by atoms with E-state index < -0.39 is 22.7 Å². The van der Waals surface area contributed by atoms with E-state index in [1.54, 1.807) is 0 Å². The average molecular weight is 228 g/mol. The number of halogens is 1. The molecule has 2 unspecified atom stereocenters. The van der Waals surface area contributed by atoms with Crippen molar-refractivity contribution in [2.24, 2.45) is 5.92 Å². The van der Waals surface area contributed by atoms with Gasteiger partial charge in [-0.3, -0.25) is 9.00 Å². The van der Waals surface area contributed by atoms with Gasteiger partial charge in [0.15, 0.2) is 0 Å². The second-order valence-corrected chi connectivity index (χ2v) is 5.14. The van der Waals surface area contributed by atoms with Crippen LogP contribution >= 0.6 is 0 Å². The first-order chi connectivity index (χ1) is 7.09. The van der Waals surface area contributed by atoms with Crippen molar-refractivity contribution in [3.05, 3.63) is 30.1 Å². The summed E-state index contributed by atoms with van der Waals surface area (Å²) in [6.45, 7) is 0. The number of carboxylic acid groups (broad SMARTS) is 1. The predicted octanol–water partition coefficient (Wildman–Crippen LogP) is 1.41. The molecule has 0 radical (unpaired) electrons. The van der Waals surface area contributed by atoms with E-state index in [1.807, 2.05) is 0 Å². The zero-order chi connectivity index (χ0) is 11.0. The zero-order valence-corrected chi connectivity index (χ0v) is 8.54. The summed E-state index contributed by atoms with van der Waals surface area (Å²) in [5.41, 5.74) is 0. The fraction of sp³-hybridized carbons (Fsp3) is 0.300. The molecule has 1 saturated carbocycles. The number of carbonyl (C=O) groups is 1. The Hall–Kier alpha value is -1.23. The Morgan fingerprint density at radius 1 is 1.40 bits per heavy atom. The van der Waals surface area contributed by atoms with Crippen LogP contribution in [0.2, 0.25) is 0 Å². The van der Waals surface area contributed by atoms with Gasteiger partial charge < -0.3 is 5.11 Å². The highest BCUT2D eigenvalue weighted by molar-refractivity contribution is 7.86. The van der Waals surface area contributed by atoms with Crippen LogP contribution in [0.25, 0.3) is 0 Å². The Kier molecular flexibility index (Phi) is 2.56. The zero-order valence-electron chi connectivity index (χ0n) is 7.72. The van der Waals surface area contributed by atoms with E-state index in [-0.39, 0.29) is 11.1 Å². The maximum Gasteiger partial charge on any atom is 0.307 e. The minimum Gasteiger partial charge on any atom is -0.481 e. The van der Waals surface area contributed by atoms with Crippen LogP contribution in [0.4, 0.5) is 4.39 Å². The third-order valence-corrected chi connectivity index (χ3v) is 4.18. The molecule has 1 N–H and O–H groups in total. The molecule has 15 heavy (non-hydrogen) atoms. The van der Waals surface area contributed by atoms with Gasteiger partial charge in [0.05, 0.1) is 22.0 Å². The molecule has 3 nitrogen and oxygen atoms in total. The Morgan fingerprint density at radius 3 is 2.47 bits per heavy atom. The fourth-order valence-electron chi connectivity index (χ4n) is 1.41. The Labute approximate surface area is 88.4 Å². The van der Waals surface area contributed by atoms with Gasteiger partial charge in [0, 0.05) is 4.90 Å². The van der Waals surface area contributed by atoms with E-state index in [0.29, 0.717) is 11.3 Å². The van der Waals surface area contributed by atoms with E-state index >= 15 is 0 Å². The lowest BCUT2D eigenvalue weighted by atomic mass is 10.4. The molecular weight excluding hydrogens is 219 g/mol. The lowest BCUT2D eigenvalue weighted by Gasteiger charge is -1.99. The number of aliphatic carboxylic acids is 1. The second kappa shape index (κ2) is 3.73.